The third kappa shape index (κ3) is 4.42. The lowest BCUT2D eigenvalue weighted by atomic mass is 10.1. The summed E-state index contributed by atoms with van der Waals surface area (Å²) in [5.74, 6) is -2.52. The molecule has 0 unspecified atom stereocenters. The fourth-order valence-electron chi connectivity index (χ4n) is 1.18. The summed E-state index contributed by atoms with van der Waals surface area (Å²) in [4.78, 5) is 21.0. The molecule has 0 aliphatic carbocycles. The molecule has 0 saturated carbocycles. The molecule has 17 heavy (non-hydrogen) atoms. The lowest BCUT2D eigenvalue weighted by molar-refractivity contribution is -0.151. The fourth-order valence-corrected chi connectivity index (χ4v) is 1.18. The van der Waals surface area contributed by atoms with Gasteiger partial charge in [-0.25, -0.2) is 0 Å². The molecular formula is C11H12O6. The van der Waals surface area contributed by atoms with Gasteiger partial charge in [0.05, 0.1) is 6.61 Å². The maximum Gasteiger partial charge on any atom is 0.317 e. The van der Waals surface area contributed by atoms with Crippen molar-refractivity contribution in [1.29, 1.82) is 0 Å². The molecule has 1 aromatic carbocycles. The molecule has 0 spiro atoms. The SMILES string of the molecule is O=C(O)CC(=O)OCCc1ccc(O)c(O)c1. The molecule has 0 saturated heterocycles. The van der Waals surface area contributed by atoms with Gasteiger partial charge in [0.25, 0.3) is 0 Å². The molecule has 3 N–H and O–H groups in total. The van der Waals surface area contributed by atoms with Crippen molar-refractivity contribution < 1.29 is 29.6 Å². The summed E-state index contributed by atoms with van der Waals surface area (Å²) < 4.78 is 4.66. The minimum absolute atomic E-state index is 0.0241. The highest BCUT2D eigenvalue weighted by molar-refractivity contribution is 5.90. The zero-order valence-electron chi connectivity index (χ0n) is 8.92. The minimum Gasteiger partial charge on any atom is -0.504 e. The number of carboxylic acids is 1. The summed E-state index contributed by atoms with van der Waals surface area (Å²) in [6, 6.07) is 4.24. The molecule has 6 nitrogen and oxygen atoms in total. The van der Waals surface area contributed by atoms with Gasteiger partial charge in [-0.3, -0.25) is 9.59 Å². The molecule has 1 aromatic rings. The van der Waals surface area contributed by atoms with E-state index in [4.69, 9.17) is 10.2 Å². The zero-order valence-corrected chi connectivity index (χ0v) is 8.92. The molecule has 0 amide bonds. The van der Waals surface area contributed by atoms with Crippen molar-refractivity contribution >= 4 is 11.9 Å². The van der Waals surface area contributed by atoms with Crippen LogP contribution in [0.15, 0.2) is 18.2 Å². The summed E-state index contributed by atoms with van der Waals surface area (Å²) in [5.41, 5.74) is 0.670. The van der Waals surface area contributed by atoms with Gasteiger partial charge in [0.2, 0.25) is 0 Å². The monoisotopic (exact) mass is 240 g/mol. The largest absolute Gasteiger partial charge is 0.504 e. The van der Waals surface area contributed by atoms with E-state index in [-0.39, 0.29) is 18.1 Å². The van der Waals surface area contributed by atoms with Crippen LogP contribution in [0.1, 0.15) is 12.0 Å². The topological polar surface area (TPSA) is 104 Å². The summed E-state index contributed by atoms with van der Waals surface area (Å²) in [6.45, 7) is 0.0241. The predicted molar refractivity (Wildman–Crippen MR) is 56.7 cm³/mol. The number of phenols is 2. The highest BCUT2D eigenvalue weighted by Crippen LogP contribution is 2.24. The van der Waals surface area contributed by atoms with E-state index in [0.717, 1.165) is 0 Å². The van der Waals surface area contributed by atoms with Crippen LogP contribution in [-0.2, 0) is 20.7 Å². The second-order valence-electron chi connectivity index (χ2n) is 3.36. The average Bonchev–Trinajstić information content (AvgIpc) is 2.22. The van der Waals surface area contributed by atoms with Crippen molar-refractivity contribution in [3.8, 4) is 11.5 Å². The van der Waals surface area contributed by atoms with Gasteiger partial charge in [0.1, 0.15) is 6.42 Å². The van der Waals surface area contributed by atoms with Crippen molar-refractivity contribution in [1.82, 2.24) is 0 Å². The van der Waals surface area contributed by atoms with E-state index >= 15 is 0 Å². The molecule has 0 aliphatic rings. The maximum absolute atomic E-state index is 10.9. The summed E-state index contributed by atoms with van der Waals surface area (Å²) in [6.07, 6.45) is -0.333. The molecule has 1 rings (SSSR count). The van der Waals surface area contributed by atoms with Crippen LogP contribution in [-0.4, -0.2) is 33.9 Å². The van der Waals surface area contributed by atoms with E-state index in [1.165, 1.54) is 12.1 Å². The number of phenolic OH excluding ortho intramolecular Hbond substituents is 2. The van der Waals surface area contributed by atoms with Gasteiger partial charge in [0, 0.05) is 6.42 Å². The van der Waals surface area contributed by atoms with Crippen molar-refractivity contribution in [3.05, 3.63) is 23.8 Å². The number of carbonyl (C=O) groups excluding carboxylic acids is 1. The normalized spacial score (nSPS) is 9.88. The Kier molecular flexibility index (Phi) is 4.33. The lowest BCUT2D eigenvalue weighted by Gasteiger charge is -2.04. The number of aromatic hydroxyl groups is 2. The van der Waals surface area contributed by atoms with Gasteiger partial charge in [-0.2, -0.15) is 0 Å². The minimum atomic E-state index is -1.24. The Labute approximate surface area is 97.1 Å². The first-order chi connectivity index (χ1) is 7.99. The van der Waals surface area contributed by atoms with Crippen LogP contribution in [0.4, 0.5) is 0 Å². The molecular weight excluding hydrogens is 228 g/mol. The van der Waals surface area contributed by atoms with Crippen LogP contribution in [0, 0.1) is 0 Å². The number of rotatable bonds is 5. The standard InChI is InChI=1S/C11H12O6/c12-8-2-1-7(5-9(8)13)3-4-17-11(16)6-10(14)15/h1-2,5,12-13H,3-4,6H2,(H,14,15). The Morgan fingerprint density at radius 3 is 2.47 bits per heavy atom. The fraction of sp³-hybridized carbons (Fsp3) is 0.273. The van der Waals surface area contributed by atoms with E-state index in [0.29, 0.717) is 12.0 Å². The molecule has 92 valence electrons. The number of esters is 1. The smallest absolute Gasteiger partial charge is 0.317 e. The van der Waals surface area contributed by atoms with Crippen LogP contribution < -0.4 is 0 Å². The number of aliphatic carboxylic acids is 1. The number of carboxylic acid groups (broad SMARTS) is 1. The summed E-state index contributed by atoms with van der Waals surface area (Å²) >= 11 is 0. The summed E-state index contributed by atoms with van der Waals surface area (Å²) in [5, 5.41) is 26.6. The van der Waals surface area contributed by atoms with Crippen molar-refractivity contribution in [2.45, 2.75) is 12.8 Å². The molecule has 6 heteroatoms. The predicted octanol–water partition coefficient (Wildman–Crippen LogP) is 0.658. The van der Waals surface area contributed by atoms with Gasteiger partial charge in [-0.15, -0.1) is 0 Å². The van der Waals surface area contributed by atoms with Gasteiger partial charge >= 0.3 is 11.9 Å². The maximum atomic E-state index is 10.9. The van der Waals surface area contributed by atoms with Gasteiger partial charge in [0.15, 0.2) is 11.5 Å². The van der Waals surface area contributed by atoms with Crippen molar-refractivity contribution in [2.24, 2.45) is 0 Å². The average molecular weight is 240 g/mol. The second kappa shape index (κ2) is 5.74. The van der Waals surface area contributed by atoms with Crippen LogP contribution in [0.2, 0.25) is 0 Å². The lowest BCUT2D eigenvalue weighted by Crippen LogP contribution is -2.12. The Morgan fingerprint density at radius 2 is 1.88 bits per heavy atom. The molecule has 0 radical (unpaired) electrons. The third-order valence-electron chi connectivity index (χ3n) is 1.99. The number of hydrogen-bond donors (Lipinski definition) is 3. The van der Waals surface area contributed by atoms with E-state index in [1.54, 1.807) is 6.07 Å². The van der Waals surface area contributed by atoms with Crippen molar-refractivity contribution in [3.63, 3.8) is 0 Å². The summed E-state index contributed by atoms with van der Waals surface area (Å²) in [7, 11) is 0. The Hall–Kier alpha value is -2.24. The van der Waals surface area contributed by atoms with Crippen LogP contribution in [0.25, 0.3) is 0 Å². The molecule has 0 aromatic heterocycles. The Bertz CT molecular complexity index is 426. The number of hydrogen-bond acceptors (Lipinski definition) is 5. The second-order valence-corrected chi connectivity index (χ2v) is 3.36. The van der Waals surface area contributed by atoms with E-state index < -0.39 is 18.4 Å². The van der Waals surface area contributed by atoms with Gasteiger partial charge in [-0.05, 0) is 17.7 Å². The number of carbonyl (C=O) groups is 2. The van der Waals surface area contributed by atoms with E-state index in [2.05, 4.69) is 4.74 Å². The van der Waals surface area contributed by atoms with Gasteiger partial charge < -0.3 is 20.1 Å². The Morgan fingerprint density at radius 1 is 1.18 bits per heavy atom. The first-order valence-electron chi connectivity index (χ1n) is 4.87. The highest BCUT2D eigenvalue weighted by atomic mass is 16.5. The molecule has 0 bridgehead atoms. The molecule has 0 aliphatic heterocycles. The zero-order chi connectivity index (χ0) is 12.8. The first kappa shape index (κ1) is 12.8. The number of ether oxygens (including phenoxy) is 1. The van der Waals surface area contributed by atoms with Crippen LogP contribution in [0.3, 0.4) is 0 Å². The van der Waals surface area contributed by atoms with Crippen LogP contribution >= 0.6 is 0 Å². The highest BCUT2D eigenvalue weighted by Gasteiger charge is 2.08. The molecule has 0 fully saturated rings. The quantitative estimate of drug-likeness (QED) is 0.396. The van der Waals surface area contributed by atoms with Crippen molar-refractivity contribution in [2.75, 3.05) is 6.61 Å². The number of benzene rings is 1. The molecule has 0 heterocycles. The third-order valence-corrected chi connectivity index (χ3v) is 1.99. The van der Waals surface area contributed by atoms with Crippen LogP contribution in [0.5, 0.6) is 11.5 Å². The Balaban J connectivity index is 2.38. The first-order valence-corrected chi connectivity index (χ1v) is 4.87. The molecule has 0 atom stereocenters. The van der Waals surface area contributed by atoms with Gasteiger partial charge in [-0.1, -0.05) is 6.07 Å². The van der Waals surface area contributed by atoms with E-state index in [1.807, 2.05) is 0 Å². The van der Waals surface area contributed by atoms with E-state index in [9.17, 15) is 14.7 Å².